The highest BCUT2D eigenvalue weighted by atomic mass is 19.1. The number of benzene rings is 2. The number of aliphatic hydroxyl groups excluding tert-OH is 1. The molecular formula is C52H58FN9O13. The van der Waals surface area contributed by atoms with E-state index in [0.717, 1.165) is 16.0 Å². The monoisotopic (exact) mass is 1040 g/mol. The molecule has 0 radical (unpaired) electrons. The van der Waals surface area contributed by atoms with Gasteiger partial charge in [0, 0.05) is 47.7 Å². The maximum absolute atomic E-state index is 15.4. The smallest absolute Gasteiger partial charge is 0.343 e. The molecule has 0 spiro atoms. The van der Waals surface area contributed by atoms with E-state index in [-0.39, 0.29) is 80.9 Å². The van der Waals surface area contributed by atoms with Gasteiger partial charge in [0.15, 0.2) is 5.60 Å². The Bertz CT molecular complexity index is 3040. The Morgan fingerprint density at radius 1 is 0.907 bits per heavy atom. The van der Waals surface area contributed by atoms with E-state index in [1.807, 2.05) is 0 Å². The number of unbranched alkanes of at least 4 members (excludes halogenated alkanes) is 2. The van der Waals surface area contributed by atoms with Crippen LogP contribution < -0.4 is 37.5 Å². The van der Waals surface area contributed by atoms with Crippen LogP contribution in [0.4, 0.5) is 4.39 Å². The van der Waals surface area contributed by atoms with Crippen LogP contribution in [0.3, 0.4) is 0 Å². The quantitative estimate of drug-likeness (QED) is 0.0186. The zero-order chi connectivity index (χ0) is 53.6. The van der Waals surface area contributed by atoms with Crippen LogP contribution in [0.15, 0.2) is 59.4 Å². The van der Waals surface area contributed by atoms with Gasteiger partial charge in [-0.25, -0.2) is 14.2 Å². The summed E-state index contributed by atoms with van der Waals surface area (Å²) in [5.74, 6) is -4.88. The third-order valence-corrected chi connectivity index (χ3v) is 13.9. The van der Waals surface area contributed by atoms with Crippen molar-refractivity contribution in [3.05, 3.63) is 110 Å². The molecular weight excluding hydrogens is 978 g/mol. The minimum atomic E-state index is -2.05. The number of rotatable bonds is 23. The molecule has 0 bridgehead atoms. The molecule has 4 atom stereocenters. The molecule has 0 saturated carbocycles. The largest absolute Gasteiger partial charge is 0.458 e. The van der Waals surface area contributed by atoms with Crippen molar-refractivity contribution < 1.29 is 62.4 Å². The number of aromatic nitrogens is 2. The van der Waals surface area contributed by atoms with Crippen LogP contribution in [-0.2, 0) is 79.4 Å². The molecule has 1 unspecified atom stereocenters. The summed E-state index contributed by atoms with van der Waals surface area (Å²) in [6, 6.07) is 10.1. The summed E-state index contributed by atoms with van der Waals surface area (Å²) >= 11 is 0. The fourth-order valence-corrected chi connectivity index (χ4v) is 9.86. The lowest BCUT2D eigenvalue weighted by atomic mass is 9.81. The first-order valence-corrected chi connectivity index (χ1v) is 24.7. The average Bonchev–Trinajstić information content (AvgIpc) is 3.98. The molecule has 75 heavy (non-hydrogen) atoms. The van der Waals surface area contributed by atoms with Crippen LogP contribution in [0.5, 0.6) is 0 Å². The van der Waals surface area contributed by atoms with Crippen LogP contribution in [0.25, 0.3) is 22.3 Å². The number of imide groups is 1. The maximum Gasteiger partial charge on any atom is 0.343 e. The van der Waals surface area contributed by atoms with E-state index in [4.69, 9.17) is 14.5 Å². The van der Waals surface area contributed by atoms with Crippen LogP contribution in [0, 0.1) is 12.7 Å². The number of nitrogens with zero attached hydrogens (tertiary/aromatic N) is 3. The van der Waals surface area contributed by atoms with Gasteiger partial charge in [-0.05, 0) is 73.8 Å². The lowest BCUT2D eigenvalue weighted by molar-refractivity contribution is -0.172. The molecule has 5 heterocycles. The molecule has 4 aliphatic rings. The molecule has 396 valence electrons. The van der Waals surface area contributed by atoms with Gasteiger partial charge in [0.05, 0.1) is 60.7 Å². The lowest BCUT2D eigenvalue weighted by Gasteiger charge is -2.31. The molecule has 0 fully saturated rings. The van der Waals surface area contributed by atoms with Gasteiger partial charge >= 0.3 is 5.97 Å². The number of ether oxygens (including phenoxy) is 2. The number of fused-ring (bicyclic) bond motifs is 5. The second-order valence-electron chi connectivity index (χ2n) is 18.8. The summed E-state index contributed by atoms with van der Waals surface area (Å²) < 4.78 is 27.5. The summed E-state index contributed by atoms with van der Waals surface area (Å²) in [6.45, 7) is 1.19. The number of hydrogen-bond acceptors (Lipinski definition) is 15. The summed E-state index contributed by atoms with van der Waals surface area (Å²) in [5.41, 5.74) is 1.92. The van der Waals surface area contributed by atoms with E-state index in [0.29, 0.717) is 71.1 Å². The van der Waals surface area contributed by atoms with Gasteiger partial charge in [-0.3, -0.25) is 48.6 Å². The Morgan fingerprint density at radius 3 is 2.39 bits per heavy atom. The van der Waals surface area contributed by atoms with Crippen LogP contribution in [-0.4, -0.2) is 124 Å². The fourth-order valence-electron chi connectivity index (χ4n) is 9.86. The second-order valence-corrected chi connectivity index (χ2v) is 18.8. The van der Waals surface area contributed by atoms with Crippen molar-refractivity contribution in [2.24, 2.45) is 0 Å². The van der Waals surface area contributed by atoms with Crippen molar-refractivity contribution in [2.45, 2.75) is 102 Å². The van der Waals surface area contributed by atoms with Crippen molar-refractivity contribution in [1.29, 1.82) is 0 Å². The third-order valence-electron chi connectivity index (χ3n) is 13.9. The van der Waals surface area contributed by atoms with E-state index in [9.17, 15) is 53.4 Å². The van der Waals surface area contributed by atoms with E-state index < -0.39 is 84.8 Å². The number of hydrogen-bond donors (Lipinski definition) is 8. The average molecular weight is 1040 g/mol. The first-order chi connectivity index (χ1) is 36.0. The summed E-state index contributed by atoms with van der Waals surface area (Å²) in [7, 11) is 0. The molecule has 23 heteroatoms. The molecule has 7 amide bonds. The van der Waals surface area contributed by atoms with Crippen LogP contribution >= 0.6 is 0 Å². The molecule has 2 aromatic heterocycles. The molecule has 4 aromatic rings. The van der Waals surface area contributed by atoms with Gasteiger partial charge < -0.3 is 50.8 Å². The predicted molar refractivity (Wildman–Crippen MR) is 264 cm³/mol. The first kappa shape index (κ1) is 53.6. The predicted octanol–water partition coefficient (Wildman–Crippen LogP) is 0.0742. The summed E-state index contributed by atoms with van der Waals surface area (Å²) in [4.78, 5) is 120. The minimum absolute atomic E-state index is 0.0477. The molecule has 22 nitrogen and oxygen atoms in total. The highest BCUT2D eigenvalue weighted by Crippen LogP contribution is 2.46. The topological polar surface area (TPSA) is 306 Å². The van der Waals surface area contributed by atoms with Crippen molar-refractivity contribution in [3.63, 3.8) is 0 Å². The molecule has 8 rings (SSSR count). The number of aryl methyl sites for hydroxylation is 1. The van der Waals surface area contributed by atoms with Gasteiger partial charge in [0.1, 0.15) is 32.0 Å². The Balaban J connectivity index is 0.804. The number of nitrogens with one attached hydrogen (secondary N) is 6. The number of amides is 7. The van der Waals surface area contributed by atoms with Gasteiger partial charge in [-0.2, -0.15) is 0 Å². The third kappa shape index (κ3) is 11.8. The van der Waals surface area contributed by atoms with Gasteiger partial charge in [0.25, 0.3) is 17.4 Å². The number of aliphatic hydroxyl groups is 2. The number of halogens is 1. The van der Waals surface area contributed by atoms with Crippen LogP contribution in [0.2, 0.25) is 0 Å². The van der Waals surface area contributed by atoms with E-state index in [1.54, 1.807) is 50.2 Å². The van der Waals surface area contributed by atoms with E-state index in [2.05, 4.69) is 31.9 Å². The second kappa shape index (κ2) is 23.2. The van der Waals surface area contributed by atoms with Crippen molar-refractivity contribution in [1.82, 2.24) is 46.4 Å². The summed E-state index contributed by atoms with van der Waals surface area (Å²) in [5, 5.41) is 38.5. The molecule has 8 N–H and O–H groups in total. The Kier molecular flexibility index (Phi) is 16.6. The minimum Gasteiger partial charge on any atom is -0.458 e. The highest BCUT2D eigenvalue weighted by Gasteiger charge is 2.46. The SMILES string of the molecule is CC[C@@]1(O)C(=O)OCc2c1cc1n(c2=O)Cc2c-1nc1cc(F)c(C)c3c1c2[C@@H](NC(=O)COCNC(=O)CNC(=O)[C@H](Cc1ccccc1)NC(O)CNC(=O)CNC(=O)CCCCCN1C(=O)C=CC1=O)CC3. The maximum atomic E-state index is 15.4. The Hall–Kier alpha value is -7.73. The van der Waals surface area contributed by atoms with E-state index >= 15 is 4.39 Å². The first-order valence-electron chi connectivity index (χ1n) is 24.7. The van der Waals surface area contributed by atoms with Gasteiger partial charge in [-0.1, -0.05) is 43.7 Å². The van der Waals surface area contributed by atoms with Crippen LogP contribution in [0.1, 0.15) is 90.4 Å². The Labute approximate surface area is 428 Å². The normalized spacial score (nSPS) is 17.9. The van der Waals surface area contributed by atoms with Crippen molar-refractivity contribution in [3.8, 4) is 11.4 Å². The lowest BCUT2D eigenvalue weighted by Crippen LogP contribution is -2.54. The zero-order valence-electron chi connectivity index (χ0n) is 41.3. The molecule has 3 aliphatic heterocycles. The molecule has 2 aromatic carbocycles. The number of carbonyl (C=O) groups is 8. The number of pyridine rings is 2. The number of cyclic esters (lactones) is 1. The standard InChI is InChI=1S/C52H58FN9O13/c1-3-52(73)33-19-38-48-31(24-62(38)50(71)32(33)25-75-51(52)72)47-35(14-13-30-28(2)34(53)20-36(60-48)46(30)47)58-43(67)26-74-27-57-41(65)22-56-49(70)37(18-29-10-6-4-7-11-29)59-42(66)23-55-40(64)21-54-39(63)12-8-5-9-17-61-44(68)15-16-45(61)69/h4,6-7,10-11,15-16,19-20,35,37,42,59,66,73H,3,5,8-9,12-14,17-18,21-27H2,1-2H3,(H,54,63)(H,55,64)(H,56,70)(H,57,65)(H,58,67)/t35-,37-,42?,52-/m0/s1. The molecule has 1 aliphatic carbocycles. The summed E-state index contributed by atoms with van der Waals surface area (Å²) in [6.07, 6.45) is 3.54. The van der Waals surface area contributed by atoms with E-state index in [1.165, 1.54) is 22.8 Å². The number of esters is 1. The Morgan fingerprint density at radius 2 is 1.64 bits per heavy atom. The number of carbonyl (C=O) groups excluding carboxylic acids is 8. The van der Waals surface area contributed by atoms with Crippen molar-refractivity contribution >= 4 is 58.2 Å². The fraction of sp³-hybridized carbons (Fsp3) is 0.423. The highest BCUT2D eigenvalue weighted by molar-refractivity contribution is 6.12. The van der Waals surface area contributed by atoms with Gasteiger partial charge in [-0.15, -0.1) is 0 Å². The molecule has 0 saturated heterocycles. The van der Waals surface area contributed by atoms with Gasteiger partial charge in [0.2, 0.25) is 29.5 Å². The zero-order valence-corrected chi connectivity index (χ0v) is 41.3. The van der Waals surface area contributed by atoms with Crippen molar-refractivity contribution in [2.75, 3.05) is 39.5 Å².